The van der Waals surface area contributed by atoms with Crippen LogP contribution in [0.25, 0.3) is 0 Å². The topological polar surface area (TPSA) is 84.9 Å². The smallest absolute Gasteiger partial charge is 0.251 e. The molecule has 1 saturated carbocycles. The van der Waals surface area contributed by atoms with E-state index in [9.17, 15) is 22.0 Å². The van der Waals surface area contributed by atoms with E-state index in [-0.39, 0.29) is 31.8 Å². The van der Waals surface area contributed by atoms with Gasteiger partial charge in [-0.15, -0.1) is 0 Å². The molecule has 182 valence electrons. The number of nitrogens with zero attached hydrogens (tertiary/aromatic N) is 1. The minimum absolute atomic E-state index is 0.0417. The van der Waals surface area contributed by atoms with Crippen LogP contribution in [0.15, 0.2) is 41.3 Å². The van der Waals surface area contributed by atoms with E-state index in [0.717, 1.165) is 42.1 Å². The van der Waals surface area contributed by atoms with Gasteiger partial charge in [0.2, 0.25) is 15.9 Å². The first-order chi connectivity index (χ1) is 16.3. The number of anilines is 1. The minimum Gasteiger partial charge on any atom is -0.448 e. The second-order valence-electron chi connectivity index (χ2n) is 9.08. The molecule has 7 nitrogen and oxygen atoms in total. The highest BCUT2D eigenvalue weighted by Gasteiger charge is 2.42. The van der Waals surface area contributed by atoms with Crippen LogP contribution < -0.4 is 14.8 Å². The summed E-state index contributed by atoms with van der Waals surface area (Å²) in [4.78, 5) is 12.1. The molecule has 10 heteroatoms. The van der Waals surface area contributed by atoms with Crippen molar-refractivity contribution in [2.45, 2.75) is 55.6 Å². The summed E-state index contributed by atoms with van der Waals surface area (Å²) in [7, 11) is -4.19. The van der Waals surface area contributed by atoms with Crippen molar-refractivity contribution >= 4 is 21.6 Å². The lowest BCUT2D eigenvalue weighted by molar-refractivity contribution is -0.120. The molecule has 1 saturated heterocycles. The van der Waals surface area contributed by atoms with Crippen LogP contribution >= 0.6 is 0 Å². The third kappa shape index (κ3) is 4.36. The first-order valence-corrected chi connectivity index (χ1v) is 13.0. The number of nitrogens with one attached hydrogen (secondary N) is 1. The van der Waals surface area contributed by atoms with E-state index in [1.165, 1.54) is 6.42 Å². The monoisotopic (exact) mass is 492 g/mol. The maximum atomic E-state index is 14.0. The number of ether oxygens (including phenoxy) is 2. The van der Waals surface area contributed by atoms with Gasteiger partial charge < -0.3 is 14.8 Å². The lowest BCUT2D eigenvalue weighted by Gasteiger charge is -2.31. The van der Waals surface area contributed by atoms with Gasteiger partial charge in [-0.25, -0.2) is 17.2 Å². The Hall–Kier alpha value is -2.72. The number of carbonyl (C=O) groups is 1. The number of amides is 1. The zero-order valence-corrected chi connectivity index (χ0v) is 19.4. The molecule has 0 bridgehead atoms. The molecule has 0 unspecified atom stereocenters. The number of sulfonamides is 1. The summed E-state index contributed by atoms with van der Waals surface area (Å²) < 4.78 is 66.3. The molecule has 5 rings (SSSR count). The van der Waals surface area contributed by atoms with Crippen LogP contribution in [0, 0.1) is 17.6 Å². The normalized spacial score (nSPS) is 20.4. The van der Waals surface area contributed by atoms with Gasteiger partial charge in [0.05, 0.1) is 0 Å². The predicted octanol–water partition coefficient (Wildman–Crippen LogP) is 4.44. The van der Waals surface area contributed by atoms with Gasteiger partial charge in [0, 0.05) is 43.6 Å². The van der Waals surface area contributed by atoms with Crippen molar-refractivity contribution in [3.63, 3.8) is 0 Å². The number of hydrogen-bond donors (Lipinski definition) is 1. The fraction of sp³-hybridized carbons (Fsp3) is 0.458. The Balaban J connectivity index is 1.20. The maximum absolute atomic E-state index is 14.0. The Kier molecular flexibility index (Phi) is 5.97. The molecule has 1 aliphatic carbocycles. The summed E-state index contributed by atoms with van der Waals surface area (Å²) >= 11 is 0. The highest BCUT2D eigenvalue weighted by atomic mass is 32.2. The quantitative estimate of drug-likeness (QED) is 0.682. The first-order valence-electron chi connectivity index (χ1n) is 11.5. The van der Waals surface area contributed by atoms with Gasteiger partial charge in [0.15, 0.2) is 11.5 Å². The molecule has 34 heavy (non-hydrogen) atoms. The molecule has 1 N–H and O–H groups in total. The van der Waals surface area contributed by atoms with Crippen molar-refractivity contribution in [3.05, 3.63) is 48.0 Å². The standard InChI is InChI=1S/C24H26F2N2O5S/c25-17-4-6-19(26)22(14-17)34(30,31)28-12-8-16(9-13-28)23(29)27-18-5-7-20-21(15-18)33-24(32-20)10-2-1-3-11-24/h4-7,14-16H,1-3,8-13H2,(H,27,29). The highest BCUT2D eigenvalue weighted by Crippen LogP contribution is 2.46. The summed E-state index contributed by atoms with van der Waals surface area (Å²) in [5, 5.41) is 2.88. The molecule has 0 aromatic heterocycles. The molecule has 2 aromatic rings. The van der Waals surface area contributed by atoms with Crippen LogP contribution in [0.3, 0.4) is 0 Å². The lowest BCUT2D eigenvalue weighted by atomic mass is 9.94. The molecule has 1 spiro atoms. The molecule has 1 amide bonds. The average Bonchev–Trinajstić information content (AvgIpc) is 3.17. The molecule has 2 aliphatic heterocycles. The molecular formula is C24H26F2N2O5S. The molecule has 2 fully saturated rings. The molecule has 0 atom stereocenters. The Labute approximate surface area is 197 Å². The van der Waals surface area contributed by atoms with E-state index < -0.39 is 38.3 Å². The lowest BCUT2D eigenvalue weighted by Crippen LogP contribution is -2.41. The van der Waals surface area contributed by atoms with Gasteiger partial charge in [-0.3, -0.25) is 4.79 Å². The second-order valence-corrected chi connectivity index (χ2v) is 11.0. The van der Waals surface area contributed by atoms with Gasteiger partial charge in [-0.2, -0.15) is 4.31 Å². The molecule has 2 heterocycles. The van der Waals surface area contributed by atoms with Crippen molar-refractivity contribution in [1.29, 1.82) is 0 Å². The number of benzene rings is 2. The van der Waals surface area contributed by atoms with Crippen LogP contribution in [0.1, 0.15) is 44.9 Å². The van der Waals surface area contributed by atoms with E-state index in [4.69, 9.17) is 9.47 Å². The number of piperidine rings is 1. The van der Waals surface area contributed by atoms with Crippen LogP contribution in [-0.4, -0.2) is 37.5 Å². The molecule has 0 radical (unpaired) electrons. The zero-order chi connectivity index (χ0) is 23.9. The summed E-state index contributed by atoms with van der Waals surface area (Å²) in [5.41, 5.74) is 0.581. The fourth-order valence-electron chi connectivity index (χ4n) is 4.88. The van der Waals surface area contributed by atoms with Crippen LogP contribution in [0.4, 0.5) is 14.5 Å². The highest BCUT2D eigenvalue weighted by molar-refractivity contribution is 7.89. The summed E-state index contributed by atoms with van der Waals surface area (Å²) in [6.07, 6.45) is 5.50. The van der Waals surface area contributed by atoms with Gasteiger partial charge >= 0.3 is 0 Å². The summed E-state index contributed by atoms with van der Waals surface area (Å²) in [6, 6.07) is 7.65. The number of rotatable bonds is 4. The maximum Gasteiger partial charge on any atom is 0.251 e. The molecular weight excluding hydrogens is 466 g/mol. The van der Waals surface area contributed by atoms with Gasteiger partial charge in [0.1, 0.15) is 16.5 Å². The second kappa shape index (κ2) is 8.81. The van der Waals surface area contributed by atoms with Crippen LogP contribution in [-0.2, 0) is 14.8 Å². The summed E-state index contributed by atoms with van der Waals surface area (Å²) in [5.74, 6) is -1.77. The van der Waals surface area contributed by atoms with E-state index in [1.54, 1.807) is 18.2 Å². The molecule has 3 aliphatic rings. The number of halogens is 2. The Morgan fingerprint density at radius 2 is 1.68 bits per heavy atom. The van der Waals surface area contributed by atoms with Gasteiger partial charge in [0.25, 0.3) is 5.79 Å². The number of hydrogen-bond acceptors (Lipinski definition) is 5. The van der Waals surface area contributed by atoms with Crippen molar-refractivity contribution in [2.75, 3.05) is 18.4 Å². The molecule has 2 aromatic carbocycles. The van der Waals surface area contributed by atoms with E-state index in [1.807, 2.05) is 0 Å². The van der Waals surface area contributed by atoms with Crippen LogP contribution in [0.5, 0.6) is 11.5 Å². The summed E-state index contributed by atoms with van der Waals surface area (Å²) in [6.45, 7) is 0.0834. The Morgan fingerprint density at radius 3 is 2.41 bits per heavy atom. The zero-order valence-electron chi connectivity index (χ0n) is 18.6. The van der Waals surface area contributed by atoms with E-state index >= 15 is 0 Å². The number of fused-ring (bicyclic) bond motifs is 1. The third-order valence-electron chi connectivity index (χ3n) is 6.75. The van der Waals surface area contributed by atoms with Gasteiger partial charge in [-0.1, -0.05) is 6.42 Å². The van der Waals surface area contributed by atoms with E-state index in [0.29, 0.717) is 23.3 Å². The average molecular weight is 493 g/mol. The van der Waals surface area contributed by atoms with Crippen molar-refractivity contribution in [3.8, 4) is 11.5 Å². The van der Waals surface area contributed by atoms with Crippen molar-refractivity contribution in [1.82, 2.24) is 4.31 Å². The predicted molar refractivity (Wildman–Crippen MR) is 120 cm³/mol. The number of carbonyl (C=O) groups excluding carboxylic acids is 1. The minimum atomic E-state index is -4.19. The Bertz CT molecular complexity index is 1210. The van der Waals surface area contributed by atoms with Crippen molar-refractivity contribution < 1.29 is 31.5 Å². The largest absolute Gasteiger partial charge is 0.448 e. The Morgan fingerprint density at radius 1 is 0.971 bits per heavy atom. The van der Waals surface area contributed by atoms with Crippen molar-refractivity contribution in [2.24, 2.45) is 5.92 Å². The van der Waals surface area contributed by atoms with E-state index in [2.05, 4.69) is 5.32 Å². The third-order valence-corrected chi connectivity index (χ3v) is 8.67. The van der Waals surface area contributed by atoms with Gasteiger partial charge in [-0.05, 0) is 56.0 Å². The SMILES string of the molecule is O=C(Nc1ccc2c(c1)OC1(CCCCC1)O2)C1CCN(S(=O)(=O)c2cc(F)ccc2F)CC1. The fourth-order valence-corrected chi connectivity index (χ4v) is 6.43. The van der Waals surface area contributed by atoms with Crippen LogP contribution in [0.2, 0.25) is 0 Å². The first kappa shape index (κ1) is 23.0.